The number of hydrogen-bond donors (Lipinski definition) is 3. The van der Waals surface area contributed by atoms with Crippen LogP contribution in [0.1, 0.15) is 37.9 Å². The van der Waals surface area contributed by atoms with Gasteiger partial charge in [0.25, 0.3) is 0 Å². The van der Waals surface area contributed by atoms with Gasteiger partial charge in [-0.05, 0) is 42.9 Å². The molecule has 0 spiro atoms. The molecule has 2 heterocycles. The molecule has 142 valence electrons. The zero-order valence-electron chi connectivity index (χ0n) is 16.1. The first-order valence-electron chi connectivity index (χ1n) is 9.45. The van der Waals surface area contributed by atoms with Gasteiger partial charge in [-0.1, -0.05) is 19.9 Å². The van der Waals surface area contributed by atoms with Crippen LogP contribution < -0.4 is 4.90 Å². The van der Waals surface area contributed by atoms with Gasteiger partial charge in [-0.25, -0.2) is 0 Å². The Bertz CT molecular complexity index is 999. The van der Waals surface area contributed by atoms with Gasteiger partial charge in [0.1, 0.15) is 5.69 Å². The number of benzene rings is 1. The second-order valence-electron chi connectivity index (χ2n) is 8.25. The summed E-state index contributed by atoms with van der Waals surface area (Å²) in [5.41, 5.74) is 6.66. The van der Waals surface area contributed by atoms with Gasteiger partial charge < -0.3 is 15.0 Å². The fourth-order valence-electron chi connectivity index (χ4n) is 3.93. The molecule has 0 bridgehead atoms. The molecule has 1 aliphatic carbocycles. The average Bonchev–Trinajstić information content (AvgIpc) is 3.22. The number of nitrogens with zero attached hydrogens (tertiary/aromatic N) is 2. The van der Waals surface area contributed by atoms with Gasteiger partial charge in [-0.2, -0.15) is 5.10 Å². The largest absolute Gasteiger partial charge is 0.396 e. The van der Waals surface area contributed by atoms with Crippen LogP contribution in [-0.2, 0) is 17.6 Å². The summed E-state index contributed by atoms with van der Waals surface area (Å²) in [7, 11) is 1.73. The van der Waals surface area contributed by atoms with E-state index in [0.29, 0.717) is 5.41 Å². The van der Waals surface area contributed by atoms with E-state index in [1.807, 2.05) is 18.2 Å². The lowest BCUT2D eigenvalue weighted by Gasteiger charge is -2.28. The van der Waals surface area contributed by atoms with Crippen LogP contribution in [0, 0.1) is 5.41 Å². The van der Waals surface area contributed by atoms with E-state index in [0.717, 1.165) is 47.2 Å². The number of fused-ring (bicyclic) bond motifs is 2. The maximum Gasteiger partial charge on any atom is 0.229 e. The average molecular weight is 366 g/mol. The number of carbonyl (C=O) groups is 1. The Labute approximate surface area is 158 Å². The van der Waals surface area contributed by atoms with Gasteiger partial charge in [0.05, 0.1) is 18.7 Å². The predicted molar refractivity (Wildman–Crippen MR) is 107 cm³/mol. The number of anilines is 1. The van der Waals surface area contributed by atoms with Crippen molar-refractivity contribution in [3.05, 3.63) is 35.5 Å². The Morgan fingerprint density at radius 1 is 1.33 bits per heavy atom. The summed E-state index contributed by atoms with van der Waals surface area (Å²) in [6, 6.07) is 8.02. The van der Waals surface area contributed by atoms with Crippen molar-refractivity contribution in [1.82, 2.24) is 15.2 Å². The Morgan fingerprint density at radius 3 is 2.93 bits per heavy atom. The Balaban J connectivity index is 1.67. The molecule has 0 fully saturated rings. The van der Waals surface area contributed by atoms with Crippen molar-refractivity contribution in [2.24, 2.45) is 5.41 Å². The summed E-state index contributed by atoms with van der Waals surface area (Å²) in [6.07, 6.45) is 3.35. The Kier molecular flexibility index (Phi) is 4.30. The molecule has 1 aliphatic rings. The van der Waals surface area contributed by atoms with Crippen molar-refractivity contribution in [2.75, 3.05) is 18.6 Å². The molecule has 0 saturated heterocycles. The van der Waals surface area contributed by atoms with Crippen LogP contribution in [0.3, 0.4) is 0 Å². The molecule has 0 unspecified atom stereocenters. The summed E-state index contributed by atoms with van der Waals surface area (Å²) >= 11 is 0. The fourth-order valence-corrected chi connectivity index (χ4v) is 3.93. The van der Waals surface area contributed by atoms with E-state index in [1.54, 1.807) is 11.9 Å². The first-order valence-corrected chi connectivity index (χ1v) is 9.45. The first-order chi connectivity index (χ1) is 12.9. The lowest BCUT2D eigenvalue weighted by Crippen LogP contribution is -2.26. The van der Waals surface area contributed by atoms with E-state index < -0.39 is 0 Å². The third-order valence-electron chi connectivity index (χ3n) is 5.61. The summed E-state index contributed by atoms with van der Waals surface area (Å²) in [5, 5.41) is 17.9. The van der Waals surface area contributed by atoms with Crippen LogP contribution in [0.4, 0.5) is 5.69 Å². The molecule has 1 aromatic carbocycles. The minimum Gasteiger partial charge on any atom is -0.396 e. The van der Waals surface area contributed by atoms with Crippen LogP contribution in [0.2, 0.25) is 0 Å². The van der Waals surface area contributed by atoms with Crippen molar-refractivity contribution in [1.29, 1.82) is 0 Å². The Morgan fingerprint density at radius 2 is 2.15 bits per heavy atom. The number of carbonyl (C=O) groups excluding carboxylic acids is 1. The quantitative estimate of drug-likeness (QED) is 0.661. The van der Waals surface area contributed by atoms with E-state index in [2.05, 4.69) is 35.1 Å². The van der Waals surface area contributed by atoms with E-state index in [9.17, 15) is 4.79 Å². The smallest absolute Gasteiger partial charge is 0.229 e. The van der Waals surface area contributed by atoms with Crippen LogP contribution in [0.5, 0.6) is 0 Å². The molecular formula is C21H26N4O2. The maximum atomic E-state index is 12.0. The van der Waals surface area contributed by atoms with E-state index >= 15 is 0 Å². The molecule has 2 aromatic heterocycles. The summed E-state index contributed by atoms with van der Waals surface area (Å²) in [6.45, 7) is 4.46. The molecule has 0 radical (unpaired) electrons. The topological polar surface area (TPSA) is 85.0 Å². The minimum absolute atomic E-state index is 0.104. The maximum absolute atomic E-state index is 12.0. The van der Waals surface area contributed by atoms with Crippen LogP contribution in [0.25, 0.3) is 22.3 Å². The number of aliphatic hydroxyl groups is 1. The van der Waals surface area contributed by atoms with Gasteiger partial charge in [0.2, 0.25) is 5.91 Å². The van der Waals surface area contributed by atoms with Gasteiger partial charge in [-0.3, -0.25) is 9.89 Å². The predicted octanol–water partition coefficient (Wildman–Crippen LogP) is 3.42. The number of aromatic amines is 2. The van der Waals surface area contributed by atoms with Gasteiger partial charge in [-0.15, -0.1) is 0 Å². The standard InChI is InChI=1S/C21H26N4O2/c1-21(2)8-6-15-18(12-21)23-24-20(15)17-10-13-4-5-14(11-16(13)22-17)25(3)19(27)7-9-26/h4-5,10-11,22,26H,6-9,12H2,1-3H3,(H,23,24). The molecular weight excluding hydrogens is 340 g/mol. The highest BCUT2D eigenvalue weighted by molar-refractivity contribution is 5.96. The molecule has 0 aliphatic heterocycles. The fraction of sp³-hybridized carbons (Fsp3) is 0.429. The SMILES string of the molecule is CN(C(=O)CCO)c1ccc2cc(-c3n[nH]c4c3CCC(C)(C)C4)[nH]c2c1. The normalized spacial score (nSPS) is 15.7. The van der Waals surface area contributed by atoms with Crippen molar-refractivity contribution < 1.29 is 9.90 Å². The minimum atomic E-state index is -0.140. The van der Waals surface area contributed by atoms with Gasteiger partial charge in [0, 0.05) is 34.9 Å². The number of aromatic nitrogens is 3. The molecule has 3 N–H and O–H groups in total. The monoisotopic (exact) mass is 366 g/mol. The molecule has 0 atom stereocenters. The number of nitrogens with one attached hydrogen (secondary N) is 2. The van der Waals surface area contributed by atoms with Gasteiger partial charge in [0.15, 0.2) is 0 Å². The second-order valence-corrected chi connectivity index (χ2v) is 8.25. The molecule has 0 saturated carbocycles. The highest BCUT2D eigenvalue weighted by atomic mass is 16.3. The van der Waals surface area contributed by atoms with Crippen LogP contribution in [-0.4, -0.2) is 39.8 Å². The third-order valence-corrected chi connectivity index (χ3v) is 5.61. The first kappa shape index (κ1) is 17.8. The number of H-pyrrole nitrogens is 2. The van der Waals surface area contributed by atoms with E-state index in [-0.39, 0.29) is 18.9 Å². The summed E-state index contributed by atoms with van der Waals surface area (Å²) in [4.78, 5) is 17.1. The number of rotatable bonds is 4. The van der Waals surface area contributed by atoms with E-state index in [1.165, 1.54) is 11.3 Å². The molecule has 6 heteroatoms. The Hall–Kier alpha value is -2.60. The molecule has 3 aromatic rings. The highest BCUT2D eigenvalue weighted by Gasteiger charge is 2.29. The zero-order valence-corrected chi connectivity index (χ0v) is 16.1. The van der Waals surface area contributed by atoms with Crippen LogP contribution >= 0.6 is 0 Å². The molecule has 4 rings (SSSR count). The molecule has 1 amide bonds. The van der Waals surface area contributed by atoms with Crippen molar-refractivity contribution in [3.8, 4) is 11.4 Å². The highest BCUT2D eigenvalue weighted by Crippen LogP contribution is 2.38. The van der Waals surface area contributed by atoms with Crippen LogP contribution in [0.15, 0.2) is 24.3 Å². The van der Waals surface area contributed by atoms with Crippen molar-refractivity contribution >= 4 is 22.5 Å². The van der Waals surface area contributed by atoms with Gasteiger partial charge >= 0.3 is 0 Å². The molecule has 27 heavy (non-hydrogen) atoms. The van der Waals surface area contributed by atoms with Crippen molar-refractivity contribution in [2.45, 2.75) is 39.5 Å². The molecule has 6 nitrogen and oxygen atoms in total. The summed E-state index contributed by atoms with van der Waals surface area (Å²) in [5.74, 6) is -0.104. The lowest BCUT2D eigenvalue weighted by molar-refractivity contribution is -0.118. The summed E-state index contributed by atoms with van der Waals surface area (Å²) < 4.78 is 0. The van der Waals surface area contributed by atoms with E-state index in [4.69, 9.17) is 5.11 Å². The number of aliphatic hydroxyl groups excluding tert-OH is 1. The zero-order chi connectivity index (χ0) is 19.2. The second kappa shape index (κ2) is 6.53. The number of hydrogen-bond acceptors (Lipinski definition) is 3. The van der Waals surface area contributed by atoms with Crippen molar-refractivity contribution in [3.63, 3.8) is 0 Å². The number of amides is 1. The lowest BCUT2D eigenvalue weighted by atomic mass is 9.76. The third kappa shape index (κ3) is 3.25.